The molecule has 3 aliphatic rings. The second-order valence-corrected chi connectivity index (χ2v) is 12.7. The Morgan fingerprint density at radius 2 is 1.57 bits per heavy atom. The lowest BCUT2D eigenvalue weighted by molar-refractivity contribution is -0.137. The van der Waals surface area contributed by atoms with Gasteiger partial charge in [-0.2, -0.15) is 13.2 Å². The number of nitrogens with zero attached hydrogens (tertiary/aromatic N) is 4. The molecule has 1 atom stereocenters. The first kappa shape index (κ1) is 29.2. The third-order valence-electron chi connectivity index (χ3n) is 10.3. The predicted molar refractivity (Wildman–Crippen MR) is 158 cm³/mol. The van der Waals surface area contributed by atoms with Crippen molar-refractivity contribution in [3.8, 4) is 0 Å². The molecule has 3 fully saturated rings. The zero-order chi connectivity index (χ0) is 29.3. The van der Waals surface area contributed by atoms with Gasteiger partial charge in [-0.3, -0.25) is 0 Å². The second kappa shape index (κ2) is 12.0. The number of alkyl halides is 3. The Labute approximate surface area is 246 Å². The molecule has 0 radical (unpaired) electrons. The minimum absolute atomic E-state index is 0.134. The Kier molecular flexibility index (Phi) is 8.36. The zero-order valence-corrected chi connectivity index (χ0v) is 24.5. The molecule has 0 unspecified atom stereocenters. The lowest BCUT2D eigenvalue weighted by atomic mass is 9.59. The van der Waals surface area contributed by atoms with E-state index in [-0.39, 0.29) is 11.2 Å². The standard InChI is InChI=1S/C34H42F4N4/c1-2-32-39-16-19-41(32)24-33(26-6-3-4-7-26,29-8-5-9-30(35)20-29)27-14-17-40(18-15-27)21-25-22-42(23-25)31-12-10-28(11-13-31)34(36,37)38/h5,8-13,16,19-20,25-27H,2-4,6-7,14-15,17-18,21-24H2,1H3/t33-/m0/s1. The summed E-state index contributed by atoms with van der Waals surface area (Å²) in [6.07, 6.45) is 7.60. The molecule has 4 nitrogen and oxygen atoms in total. The first-order valence-electron chi connectivity index (χ1n) is 15.7. The van der Waals surface area contributed by atoms with Gasteiger partial charge in [0.15, 0.2) is 0 Å². The van der Waals surface area contributed by atoms with Gasteiger partial charge >= 0.3 is 6.18 Å². The normalized spacial score (nSPS) is 21.0. The van der Waals surface area contributed by atoms with Gasteiger partial charge in [0.25, 0.3) is 0 Å². The highest BCUT2D eigenvalue weighted by atomic mass is 19.4. The average Bonchev–Trinajstić information content (AvgIpc) is 3.66. The highest BCUT2D eigenvalue weighted by Crippen LogP contribution is 2.51. The van der Waals surface area contributed by atoms with Crippen LogP contribution >= 0.6 is 0 Å². The first-order chi connectivity index (χ1) is 20.3. The molecule has 1 aromatic heterocycles. The maximum absolute atomic E-state index is 14.8. The second-order valence-electron chi connectivity index (χ2n) is 12.7. The van der Waals surface area contributed by atoms with Crippen LogP contribution in [-0.2, 0) is 24.6 Å². The van der Waals surface area contributed by atoms with E-state index in [9.17, 15) is 17.6 Å². The van der Waals surface area contributed by atoms with Crippen LogP contribution in [0.4, 0.5) is 23.2 Å². The number of piperidine rings is 1. The van der Waals surface area contributed by atoms with Crippen LogP contribution < -0.4 is 4.90 Å². The number of benzene rings is 2. The van der Waals surface area contributed by atoms with Gasteiger partial charge in [-0.05, 0) is 92.6 Å². The molecule has 2 aliphatic heterocycles. The number of hydrogen-bond acceptors (Lipinski definition) is 3. The van der Waals surface area contributed by atoms with Crippen molar-refractivity contribution >= 4 is 5.69 Å². The molecule has 3 aromatic rings. The Morgan fingerprint density at radius 3 is 2.21 bits per heavy atom. The van der Waals surface area contributed by atoms with E-state index in [1.54, 1.807) is 24.3 Å². The van der Waals surface area contributed by atoms with Gasteiger partial charge in [-0.25, -0.2) is 9.37 Å². The maximum atomic E-state index is 14.8. The number of anilines is 1. The molecule has 1 aliphatic carbocycles. The third kappa shape index (κ3) is 5.84. The van der Waals surface area contributed by atoms with Gasteiger partial charge in [-0.15, -0.1) is 0 Å². The van der Waals surface area contributed by atoms with Crippen LogP contribution in [0.2, 0.25) is 0 Å². The lowest BCUT2D eigenvalue weighted by Gasteiger charge is -2.50. The van der Waals surface area contributed by atoms with E-state index >= 15 is 0 Å². The molecule has 0 amide bonds. The monoisotopic (exact) mass is 582 g/mol. The minimum Gasteiger partial charge on any atom is -0.371 e. The Morgan fingerprint density at radius 1 is 0.881 bits per heavy atom. The molecule has 6 rings (SSSR count). The van der Waals surface area contributed by atoms with Crippen LogP contribution in [0.5, 0.6) is 0 Å². The third-order valence-corrected chi connectivity index (χ3v) is 10.3. The van der Waals surface area contributed by atoms with E-state index in [1.807, 2.05) is 12.3 Å². The molecule has 42 heavy (non-hydrogen) atoms. The maximum Gasteiger partial charge on any atom is 0.416 e. The molecule has 0 bridgehead atoms. The fourth-order valence-corrected chi connectivity index (χ4v) is 8.21. The van der Waals surface area contributed by atoms with E-state index in [2.05, 4.69) is 38.5 Å². The molecule has 1 saturated carbocycles. The summed E-state index contributed by atoms with van der Waals surface area (Å²) < 4.78 is 55.9. The molecule has 0 N–H and O–H groups in total. The van der Waals surface area contributed by atoms with Gasteiger partial charge in [-0.1, -0.05) is 31.9 Å². The van der Waals surface area contributed by atoms with Crippen molar-refractivity contribution in [3.05, 3.63) is 83.7 Å². The molecular formula is C34H42F4N4. The van der Waals surface area contributed by atoms with Crippen LogP contribution in [0, 0.1) is 23.6 Å². The number of halogens is 4. The van der Waals surface area contributed by atoms with Gasteiger partial charge in [0.05, 0.1) is 5.56 Å². The van der Waals surface area contributed by atoms with Crippen LogP contribution in [0.25, 0.3) is 0 Å². The van der Waals surface area contributed by atoms with Gasteiger partial charge in [0, 0.05) is 62.0 Å². The predicted octanol–water partition coefficient (Wildman–Crippen LogP) is 7.58. The fraction of sp³-hybridized carbons (Fsp3) is 0.559. The topological polar surface area (TPSA) is 24.3 Å². The number of aromatic nitrogens is 2. The first-order valence-corrected chi connectivity index (χ1v) is 15.7. The Hall–Kier alpha value is -2.87. The highest BCUT2D eigenvalue weighted by Gasteiger charge is 2.49. The lowest BCUT2D eigenvalue weighted by Crippen LogP contribution is -2.54. The molecule has 226 valence electrons. The summed E-state index contributed by atoms with van der Waals surface area (Å²) in [4.78, 5) is 9.38. The Balaban J connectivity index is 1.15. The highest BCUT2D eigenvalue weighted by molar-refractivity contribution is 5.50. The van der Waals surface area contributed by atoms with Crippen molar-refractivity contribution < 1.29 is 17.6 Å². The van der Waals surface area contributed by atoms with Crippen molar-refractivity contribution in [1.82, 2.24) is 14.5 Å². The molecule has 3 heterocycles. The van der Waals surface area contributed by atoms with E-state index in [4.69, 9.17) is 0 Å². The van der Waals surface area contributed by atoms with Gasteiger partial charge in [0.1, 0.15) is 11.6 Å². The summed E-state index contributed by atoms with van der Waals surface area (Å²) in [6.45, 7) is 7.81. The van der Waals surface area contributed by atoms with Crippen LogP contribution in [0.3, 0.4) is 0 Å². The van der Waals surface area contributed by atoms with Crippen molar-refractivity contribution in [2.45, 2.75) is 70.0 Å². The molecule has 8 heteroatoms. The van der Waals surface area contributed by atoms with Crippen molar-refractivity contribution in [2.24, 2.45) is 17.8 Å². The number of rotatable bonds is 9. The largest absolute Gasteiger partial charge is 0.416 e. The van der Waals surface area contributed by atoms with Crippen molar-refractivity contribution in [2.75, 3.05) is 37.6 Å². The van der Waals surface area contributed by atoms with Crippen LogP contribution in [0.15, 0.2) is 60.9 Å². The summed E-state index contributed by atoms with van der Waals surface area (Å²) in [5, 5.41) is 0. The fourth-order valence-electron chi connectivity index (χ4n) is 8.21. The molecule has 2 aromatic carbocycles. The number of aryl methyl sites for hydroxylation is 1. The van der Waals surface area contributed by atoms with Crippen molar-refractivity contribution in [1.29, 1.82) is 0 Å². The average molecular weight is 583 g/mol. The van der Waals surface area contributed by atoms with E-state index < -0.39 is 11.7 Å². The summed E-state index contributed by atoms with van der Waals surface area (Å²) >= 11 is 0. The van der Waals surface area contributed by atoms with Crippen LogP contribution in [-0.4, -0.2) is 47.2 Å². The van der Waals surface area contributed by atoms with Gasteiger partial charge < -0.3 is 14.4 Å². The molecule has 2 saturated heterocycles. The molecular weight excluding hydrogens is 540 g/mol. The van der Waals surface area contributed by atoms with Crippen LogP contribution in [0.1, 0.15) is 62.4 Å². The summed E-state index contributed by atoms with van der Waals surface area (Å²) in [7, 11) is 0. The van der Waals surface area contributed by atoms with E-state index in [0.717, 1.165) is 75.6 Å². The quantitative estimate of drug-likeness (QED) is 0.243. The summed E-state index contributed by atoms with van der Waals surface area (Å²) in [5.41, 5.74) is 1.28. The Bertz CT molecular complexity index is 1320. The number of hydrogen-bond donors (Lipinski definition) is 0. The SMILES string of the molecule is CCc1nccn1C[C@](c1cccc(F)c1)(C1CCCC1)C1CCN(CC2CN(c3ccc(C(F)(F)F)cc3)C2)CC1. The van der Waals surface area contributed by atoms with Gasteiger partial charge in [0.2, 0.25) is 0 Å². The number of likely N-dealkylation sites (tertiary alicyclic amines) is 1. The summed E-state index contributed by atoms with van der Waals surface area (Å²) in [6, 6.07) is 12.9. The minimum atomic E-state index is -4.30. The van der Waals surface area contributed by atoms with E-state index in [1.165, 1.54) is 37.8 Å². The molecule has 0 spiro atoms. The number of imidazole rings is 1. The summed E-state index contributed by atoms with van der Waals surface area (Å²) in [5.74, 6) is 2.43. The smallest absolute Gasteiger partial charge is 0.371 e. The zero-order valence-electron chi connectivity index (χ0n) is 24.5. The van der Waals surface area contributed by atoms with Crippen molar-refractivity contribution in [3.63, 3.8) is 0 Å². The van der Waals surface area contributed by atoms with E-state index in [0.29, 0.717) is 17.8 Å².